The summed E-state index contributed by atoms with van der Waals surface area (Å²) in [5.41, 5.74) is 2.11. The lowest BCUT2D eigenvalue weighted by Crippen LogP contribution is -2.44. The molecule has 9 heteroatoms. The van der Waals surface area contributed by atoms with Crippen molar-refractivity contribution in [3.8, 4) is 11.5 Å². The summed E-state index contributed by atoms with van der Waals surface area (Å²) in [6, 6.07) is 16.0. The summed E-state index contributed by atoms with van der Waals surface area (Å²) in [5, 5.41) is 2.01. The summed E-state index contributed by atoms with van der Waals surface area (Å²) in [7, 11) is -0.639. The van der Waals surface area contributed by atoms with Crippen molar-refractivity contribution in [3.63, 3.8) is 0 Å². The highest BCUT2D eigenvalue weighted by Gasteiger charge is 2.29. The number of aryl methyl sites for hydroxylation is 1. The van der Waals surface area contributed by atoms with E-state index in [1.165, 1.54) is 4.31 Å². The normalized spacial score (nSPS) is 11.6. The molecule has 3 rings (SSSR count). The number of amides is 1. The predicted octanol–water partition coefficient (Wildman–Crippen LogP) is 4.99. The first-order chi connectivity index (χ1) is 17.6. The van der Waals surface area contributed by atoms with E-state index in [0.717, 1.165) is 16.0 Å². The Kier molecular flexibility index (Phi) is 10.1. The fourth-order valence-corrected chi connectivity index (χ4v) is 6.47. The Hall–Kier alpha value is -2.88. The number of nitrogens with zero attached hydrogens (tertiary/aromatic N) is 2. The quantitative estimate of drug-likeness (QED) is 0.303. The van der Waals surface area contributed by atoms with E-state index in [1.54, 1.807) is 60.8 Å². The first-order valence-electron chi connectivity index (χ1n) is 12.2. The standard InChI is InChI=1S/C28H36N2O5S2/c1-21(2)18-30(37(32,33)24-9-7-6-8-10-24)20-28(31)29(19-27-22(3)14-16-36-27)15-13-23-11-12-25(34-4)26(17-23)35-5/h6-12,14,16-17,21H,13,15,18-20H2,1-5H3. The van der Waals surface area contributed by atoms with Crippen LogP contribution in [0.2, 0.25) is 0 Å². The van der Waals surface area contributed by atoms with Crippen LogP contribution in [-0.2, 0) is 27.8 Å². The second-order valence-corrected chi connectivity index (χ2v) is 12.2. The number of sulfonamides is 1. The Morgan fingerprint density at radius 2 is 1.70 bits per heavy atom. The zero-order valence-corrected chi connectivity index (χ0v) is 23.8. The van der Waals surface area contributed by atoms with Gasteiger partial charge in [-0.1, -0.05) is 38.1 Å². The van der Waals surface area contributed by atoms with Gasteiger partial charge in [-0.25, -0.2) is 8.42 Å². The summed E-state index contributed by atoms with van der Waals surface area (Å²) in [4.78, 5) is 16.7. The lowest BCUT2D eigenvalue weighted by Gasteiger charge is -2.28. The molecule has 0 radical (unpaired) electrons. The number of thiophene rings is 1. The predicted molar refractivity (Wildman–Crippen MR) is 148 cm³/mol. The average molecular weight is 545 g/mol. The SMILES string of the molecule is COc1ccc(CCN(Cc2sccc2C)C(=O)CN(CC(C)C)S(=O)(=O)c2ccccc2)cc1OC. The summed E-state index contributed by atoms with van der Waals surface area (Å²) < 4.78 is 38.9. The molecule has 0 saturated heterocycles. The first-order valence-corrected chi connectivity index (χ1v) is 14.5. The monoisotopic (exact) mass is 544 g/mol. The van der Waals surface area contributed by atoms with Crippen molar-refractivity contribution in [2.24, 2.45) is 5.92 Å². The number of methoxy groups -OCH3 is 2. The van der Waals surface area contributed by atoms with Gasteiger partial charge in [0.25, 0.3) is 0 Å². The molecule has 0 saturated carbocycles. The van der Waals surface area contributed by atoms with E-state index in [0.29, 0.717) is 31.0 Å². The molecular formula is C28H36N2O5S2. The Morgan fingerprint density at radius 1 is 1.00 bits per heavy atom. The molecule has 200 valence electrons. The lowest BCUT2D eigenvalue weighted by molar-refractivity contribution is -0.132. The molecule has 0 unspecified atom stereocenters. The Labute approximate surface area is 224 Å². The van der Waals surface area contributed by atoms with E-state index in [2.05, 4.69) is 0 Å². The van der Waals surface area contributed by atoms with Gasteiger partial charge in [0.15, 0.2) is 11.5 Å². The van der Waals surface area contributed by atoms with Gasteiger partial charge >= 0.3 is 0 Å². The van der Waals surface area contributed by atoms with E-state index in [-0.39, 0.29) is 29.8 Å². The van der Waals surface area contributed by atoms with Gasteiger partial charge in [-0.3, -0.25) is 4.79 Å². The lowest BCUT2D eigenvalue weighted by atomic mass is 10.1. The highest BCUT2D eigenvalue weighted by Crippen LogP contribution is 2.28. The molecule has 0 atom stereocenters. The first kappa shape index (κ1) is 28.7. The molecule has 7 nitrogen and oxygen atoms in total. The third-order valence-electron chi connectivity index (χ3n) is 6.04. The fourth-order valence-electron chi connectivity index (χ4n) is 3.98. The molecule has 1 amide bonds. The average Bonchev–Trinajstić information content (AvgIpc) is 3.30. The number of hydrogen-bond donors (Lipinski definition) is 0. The highest BCUT2D eigenvalue weighted by molar-refractivity contribution is 7.89. The summed E-state index contributed by atoms with van der Waals surface area (Å²) in [6.45, 7) is 6.82. The summed E-state index contributed by atoms with van der Waals surface area (Å²) >= 11 is 1.60. The topological polar surface area (TPSA) is 76.2 Å². The largest absolute Gasteiger partial charge is 0.493 e. The van der Waals surface area contributed by atoms with Gasteiger partial charge in [0.05, 0.1) is 32.2 Å². The molecule has 0 fully saturated rings. The molecule has 2 aromatic carbocycles. The minimum atomic E-state index is -3.82. The molecule has 37 heavy (non-hydrogen) atoms. The molecular weight excluding hydrogens is 508 g/mol. The van der Waals surface area contributed by atoms with Crippen LogP contribution in [0.25, 0.3) is 0 Å². The Bertz CT molecular complexity index is 1270. The molecule has 0 spiro atoms. The van der Waals surface area contributed by atoms with Gasteiger partial charge in [0, 0.05) is 18.0 Å². The van der Waals surface area contributed by atoms with Crippen LogP contribution >= 0.6 is 11.3 Å². The highest BCUT2D eigenvalue weighted by atomic mass is 32.2. The van der Waals surface area contributed by atoms with Crippen molar-refractivity contribution >= 4 is 27.3 Å². The molecule has 1 heterocycles. The van der Waals surface area contributed by atoms with Crippen LogP contribution in [0, 0.1) is 12.8 Å². The minimum Gasteiger partial charge on any atom is -0.493 e. The van der Waals surface area contributed by atoms with Crippen molar-refractivity contribution in [3.05, 3.63) is 76.0 Å². The third kappa shape index (κ3) is 7.56. The third-order valence-corrected chi connectivity index (χ3v) is 8.87. The summed E-state index contributed by atoms with van der Waals surface area (Å²) in [6.07, 6.45) is 0.589. The maximum absolute atomic E-state index is 13.7. The van der Waals surface area contributed by atoms with Gasteiger partial charge in [-0.05, 0) is 66.1 Å². The van der Waals surface area contributed by atoms with Crippen LogP contribution in [-0.4, -0.2) is 57.4 Å². The van der Waals surface area contributed by atoms with Crippen molar-refractivity contribution in [2.75, 3.05) is 33.9 Å². The van der Waals surface area contributed by atoms with E-state index >= 15 is 0 Å². The van der Waals surface area contributed by atoms with Crippen LogP contribution < -0.4 is 9.47 Å². The van der Waals surface area contributed by atoms with Crippen molar-refractivity contribution in [1.82, 2.24) is 9.21 Å². The van der Waals surface area contributed by atoms with Gasteiger partial charge in [0.2, 0.25) is 15.9 Å². The Morgan fingerprint density at radius 3 is 2.30 bits per heavy atom. The molecule has 0 N–H and O–H groups in total. The van der Waals surface area contributed by atoms with Crippen LogP contribution in [0.15, 0.2) is 64.9 Å². The number of ether oxygens (including phenoxy) is 2. The van der Waals surface area contributed by atoms with Crippen LogP contribution in [0.1, 0.15) is 29.9 Å². The van der Waals surface area contributed by atoms with E-state index in [4.69, 9.17) is 9.47 Å². The van der Waals surface area contributed by atoms with Crippen molar-refractivity contribution in [1.29, 1.82) is 0 Å². The molecule has 1 aromatic heterocycles. The van der Waals surface area contributed by atoms with E-state index in [1.807, 2.05) is 50.4 Å². The van der Waals surface area contributed by atoms with E-state index in [9.17, 15) is 13.2 Å². The zero-order valence-electron chi connectivity index (χ0n) is 22.1. The number of hydrogen-bond acceptors (Lipinski definition) is 6. The maximum Gasteiger partial charge on any atom is 0.243 e. The smallest absolute Gasteiger partial charge is 0.243 e. The van der Waals surface area contributed by atoms with E-state index < -0.39 is 10.0 Å². The summed E-state index contributed by atoms with van der Waals surface area (Å²) in [5.74, 6) is 1.10. The fraction of sp³-hybridized carbons (Fsp3) is 0.393. The zero-order chi connectivity index (χ0) is 27.0. The molecule has 0 aliphatic rings. The number of carbonyl (C=O) groups is 1. The number of carbonyl (C=O) groups excluding carboxylic acids is 1. The second kappa shape index (κ2) is 13.1. The van der Waals surface area contributed by atoms with Gasteiger partial charge in [-0.2, -0.15) is 4.31 Å². The Balaban J connectivity index is 1.85. The van der Waals surface area contributed by atoms with Crippen molar-refractivity contribution in [2.45, 2.75) is 38.6 Å². The molecule has 0 aliphatic heterocycles. The van der Waals surface area contributed by atoms with Gasteiger partial charge in [-0.15, -0.1) is 11.3 Å². The van der Waals surface area contributed by atoms with Crippen molar-refractivity contribution < 1.29 is 22.7 Å². The molecule has 0 bridgehead atoms. The molecule has 0 aliphatic carbocycles. The maximum atomic E-state index is 13.7. The van der Waals surface area contributed by atoms with Crippen LogP contribution in [0.3, 0.4) is 0 Å². The molecule has 3 aromatic rings. The van der Waals surface area contributed by atoms with Gasteiger partial charge < -0.3 is 14.4 Å². The van der Waals surface area contributed by atoms with Crippen LogP contribution in [0.4, 0.5) is 0 Å². The number of rotatable bonds is 13. The number of benzene rings is 2. The van der Waals surface area contributed by atoms with Gasteiger partial charge in [0.1, 0.15) is 0 Å². The minimum absolute atomic E-state index is 0.0611. The van der Waals surface area contributed by atoms with Crippen LogP contribution in [0.5, 0.6) is 11.5 Å². The second-order valence-electron chi connectivity index (χ2n) is 9.29.